The molecule has 2 heterocycles. The first-order valence-corrected chi connectivity index (χ1v) is 8.73. The van der Waals surface area contributed by atoms with Crippen LogP contribution in [-0.4, -0.2) is 41.3 Å². The van der Waals surface area contributed by atoms with Crippen LogP contribution in [0.2, 0.25) is 0 Å². The molecule has 0 amide bonds. The Kier molecular flexibility index (Phi) is 7.39. The highest BCUT2D eigenvalue weighted by Crippen LogP contribution is 2.38. The van der Waals surface area contributed by atoms with Crippen molar-refractivity contribution in [2.45, 2.75) is 13.3 Å². The second-order valence-corrected chi connectivity index (χ2v) is 6.10. The molecule has 0 spiro atoms. The Labute approximate surface area is 172 Å². The first-order valence-electron chi connectivity index (χ1n) is 8.73. The molecule has 11 heteroatoms. The number of nitrogens with one attached hydrogen (secondary N) is 2. The number of aromatic amines is 2. The maximum absolute atomic E-state index is 10.6. The summed E-state index contributed by atoms with van der Waals surface area (Å²) in [5, 5.41) is 0. The van der Waals surface area contributed by atoms with Gasteiger partial charge in [0.05, 0.1) is 21.3 Å². The predicted octanol–water partition coefficient (Wildman–Crippen LogP) is 0.629. The van der Waals surface area contributed by atoms with Crippen molar-refractivity contribution in [1.29, 1.82) is 0 Å². The van der Waals surface area contributed by atoms with E-state index in [1.54, 1.807) is 34.4 Å². The van der Waals surface area contributed by atoms with Crippen molar-refractivity contribution in [2.75, 3.05) is 32.8 Å². The minimum atomic E-state index is -0.467. The molecule has 1 aromatic carbocycles. The van der Waals surface area contributed by atoms with Crippen LogP contribution in [0.15, 0.2) is 34.1 Å². The van der Waals surface area contributed by atoms with E-state index in [0.717, 1.165) is 11.1 Å². The van der Waals surface area contributed by atoms with Gasteiger partial charge >= 0.3 is 5.69 Å². The Morgan fingerprint density at radius 1 is 1.03 bits per heavy atom. The van der Waals surface area contributed by atoms with E-state index in [2.05, 4.69) is 19.9 Å². The number of hydrogen-bond acceptors (Lipinski definition) is 9. The lowest BCUT2D eigenvalue weighted by molar-refractivity contribution is 0.324. The van der Waals surface area contributed by atoms with Crippen molar-refractivity contribution >= 4 is 11.8 Å². The van der Waals surface area contributed by atoms with Gasteiger partial charge in [-0.15, -0.1) is 0 Å². The van der Waals surface area contributed by atoms with E-state index in [1.807, 2.05) is 12.1 Å². The molecule has 0 bridgehead atoms. The number of H-pyrrole nitrogens is 2. The highest BCUT2D eigenvalue weighted by molar-refractivity contribution is 5.55. The largest absolute Gasteiger partial charge is 0.493 e. The number of aromatic nitrogens is 4. The fourth-order valence-electron chi connectivity index (χ4n) is 2.50. The molecule has 3 rings (SSSR count). The van der Waals surface area contributed by atoms with Crippen molar-refractivity contribution in [3.63, 3.8) is 0 Å². The Morgan fingerprint density at radius 3 is 2.13 bits per heavy atom. The zero-order chi connectivity index (χ0) is 22.3. The second kappa shape index (κ2) is 9.96. The fourth-order valence-corrected chi connectivity index (χ4v) is 2.50. The zero-order valence-corrected chi connectivity index (χ0v) is 17.1. The molecule has 2 aromatic heterocycles. The molecule has 0 aliphatic carbocycles. The number of methoxy groups -OCH3 is 3. The van der Waals surface area contributed by atoms with Gasteiger partial charge in [-0.25, -0.2) is 9.78 Å². The molecule has 6 N–H and O–H groups in total. The number of aryl methyl sites for hydroxylation is 1. The van der Waals surface area contributed by atoms with Crippen LogP contribution in [0.1, 0.15) is 16.7 Å². The molecule has 0 radical (unpaired) electrons. The normalized spacial score (nSPS) is 10.0. The minimum absolute atomic E-state index is 0.154. The van der Waals surface area contributed by atoms with Crippen LogP contribution in [0.5, 0.6) is 17.2 Å². The summed E-state index contributed by atoms with van der Waals surface area (Å²) in [6, 6.07) is 3.72. The Balaban J connectivity index is 0.000000297. The van der Waals surface area contributed by atoms with Crippen molar-refractivity contribution in [3.8, 4) is 17.2 Å². The van der Waals surface area contributed by atoms with E-state index in [-0.39, 0.29) is 11.5 Å². The van der Waals surface area contributed by atoms with Gasteiger partial charge in [0.2, 0.25) is 11.7 Å². The van der Waals surface area contributed by atoms with Gasteiger partial charge in [-0.05, 0) is 24.6 Å². The molecule has 0 saturated carbocycles. The van der Waals surface area contributed by atoms with Crippen molar-refractivity contribution in [1.82, 2.24) is 19.9 Å². The number of nitrogens with zero attached hydrogens (tertiary/aromatic N) is 2. The number of nitrogens with two attached hydrogens (primary N) is 2. The first-order chi connectivity index (χ1) is 14.3. The smallest absolute Gasteiger partial charge is 0.325 e. The standard InChI is InChI=1S/C14H18N4O3.C5H6N2O2/c1-19-10-5-8(6-11(20-2)12(10)21-3)4-9-7-17-14(16)18-13(9)15;1-3-2-6-5(9)7-4(3)8/h5-7H,4H2,1-3H3,(H4,15,16,17,18);2H,1H3,(H2,6,7,8,9). The zero-order valence-electron chi connectivity index (χ0n) is 17.1. The summed E-state index contributed by atoms with van der Waals surface area (Å²) in [5.41, 5.74) is 12.8. The number of anilines is 2. The Bertz CT molecular complexity index is 1100. The SMILES string of the molecule is COc1cc(Cc2cnc(N)nc2N)cc(OC)c1OC.Cc1c[nH]c(=O)[nH]c1=O. The van der Waals surface area contributed by atoms with Gasteiger partial charge in [-0.2, -0.15) is 4.98 Å². The molecule has 11 nitrogen and oxygen atoms in total. The quantitative estimate of drug-likeness (QED) is 0.465. The number of benzene rings is 1. The molecule has 0 unspecified atom stereocenters. The van der Waals surface area contributed by atoms with E-state index in [4.69, 9.17) is 25.7 Å². The summed E-state index contributed by atoms with van der Waals surface area (Å²) < 4.78 is 15.9. The maximum atomic E-state index is 10.6. The van der Waals surface area contributed by atoms with Crippen LogP contribution in [0.3, 0.4) is 0 Å². The average Bonchev–Trinajstić information content (AvgIpc) is 2.72. The molecular weight excluding hydrogens is 392 g/mol. The highest BCUT2D eigenvalue weighted by Gasteiger charge is 2.14. The predicted molar refractivity (Wildman–Crippen MR) is 112 cm³/mol. The molecule has 0 fully saturated rings. The number of hydrogen-bond donors (Lipinski definition) is 4. The Morgan fingerprint density at radius 2 is 1.67 bits per heavy atom. The molecular formula is C19H24N6O5. The van der Waals surface area contributed by atoms with Gasteiger partial charge in [0.1, 0.15) is 5.82 Å². The monoisotopic (exact) mass is 416 g/mol. The summed E-state index contributed by atoms with van der Waals surface area (Å²) >= 11 is 0. The van der Waals surface area contributed by atoms with E-state index >= 15 is 0 Å². The third kappa shape index (κ3) is 5.50. The van der Waals surface area contributed by atoms with E-state index in [9.17, 15) is 9.59 Å². The summed E-state index contributed by atoms with van der Waals surface area (Å²) in [6.07, 6.45) is 3.52. The topological polar surface area (TPSA) is 171 Å². The lowest BCUT2D eigenvalue weighted by Gasteiger charge is -2.14. The van der Waals surface area contributed by atoms with Gasteiger partial charge < -0.3 is 30.7 Å². The molecule has 3 aromatic rings. The minimum Gasteiger partial charge on any atom is -0.493 e. The lowest BCUT2D eigenvalue weighted by Crippen LogP contribution is -2.22. The number of nitrogen functional groups attached to an aromatic ring is 2. The van der Waals surface area contributed by atoms with Gasteiger partial charge in [0.25, 0.3) is 5.56 Å². The van der Waals surface area contributed by atoms with E-state index in [0.29, 0.717) is 35.1 Å². The molecule has 0 atom stereocenters. The van der Waals surface area contributed by atoms with Crippen LogP contribution in [0.4, 0.5) is 11.8 Å². The lowest BCUT2D eigenvalue weighted by atomic mass is 10.1. The summed E-state index contributed by atoms with van der Waals surface area (Å²) in [4.78, 5) is 33.2. The van der Waals surface area contributed by atoms with Crippen molar-refractivity contribution < 1.29 is 14.2 Å². The molecule has 30 heavy (non-hydrogen) atoms. The summed E-state index contributed by atoms with van der Waals surface area (Å²) in [5.74, 6) is 2.23. The number of ether oxygens (including phenoxy) is 3. The van der Waals surface area contributed by atoms with E-state index in [1.165, 1.54) is 6.20 Å². The van der Waals surface area contributed by atoms with Crippen molar-refractivity contribution in [3.05, 3.63) is 62.1 Å². The Hall–Kier alpha value is -4.02. The van der Waals surface area contributed by atoms with Gasteiger partial charge in [-0.3, -0.25) is 9.78 Å². The van der Waals surface area contributed by atoms with Crippen LogP contribution in [0.25, 0.3) is 0 Å². The molecule has 0 aliphatic heterocycles. The third-order valence-corrected chi connectivity index (χ3v) is 4.04. The highest BCUT2D eigenvalue weighted by atomic mass is 16.5. The van der Waals surface area contributed by atoms with Crippen LogP contribution in [-0.2, 0) is 6.42 Å². The fraction of sp³-hybridized carbons (Fsp3) is 0.263. The third-order valence-electron chi connectivity index (χ3n) is 4.04. The van der Waals surface area contributed by atoms with Gasteiger partial charge in [0.15, 0.2) is 11.5 Å². The number of rotatable bonds is 5. The molecule has 0 aliphatic rings. The van der Waals surface area contributed by atoms with E-state index < -0.39 is 5.69 Å². The summed E-state index contributed by atoms with van der Waals surface area (Å²) in [6.45, 7) is 1.62. The average molecular weight is 416 g/mol. The summed E-state index contributed by atoms with van der Waals surface area (Å²) in [7, 11) is 4.70. The van der Waals surface area contributed by atoms with Crippen LogP contribution in [0, 0.1) is 6.92 Å². The molecule has 160 valence electrons. The van der Waals surface area contributed by atoms with Crippen molar-refractivity contribution in [2.24, 2.45) is 0 Å². The van der Waals surface area contributed by atoms with Gasteiger partial charge in [-0.1, -0.05) is 0 Å². The van der Waals surface area contributed by atoms with Gasteiger partial charge in [0, 0.05) is 29.9 Å². The molecule has 0 saturated heterocycles. The first kappa shape index (κ1) is 22.3. The second-order valence-electron chi connectivity index (χ2n) is 6.10. The maximum Gasteiger partial charge on any atom is 0.325 e. The van der Waals surface area contributed by atoms with Crippen LogP contribution >= 0.6 is 0 Å². The van der Waals surface area contributed by atoms with Crippen LogP contribution < -0.4 is 36.9 Å².